The third kappa shape index (κ3) is 2.31. The molecule has 1 N–H and O–H groups in total. The van der Waals surface area contributed by atoms with Gasteiger partial charge in [-0.2, -0.15) is 5.26 Å². The van der Waals surface area contributed by atoms with Crippen LogP contribution in [-0.2, 0) is 0 Å². The first-order valence-electron chi connectivity index (χ1n) is 5.54. The minimum absolute atomic E-state index is 0.183. The van der Waals surface area contributed by atoms with Crippen molar-refractivity contribution in [3.8, 4) is 11.9 Å². The maximum Gasteiger partial charge on any atom is 0.232 e. The molecule has 1 aromatic rings. The molecule has 4 nitrogen and oxygen atoms in total. The molecule has 0 bridgehead atoms. The second-order valence-electron chi connectivity index (χ2n) is 3.99. The van der Waals surface area contributed by atoms with E-state index in [1.165, 1.54) is 0 Å². The predicted molar refractivity (Wildman–Crippen MR) is 60.2 cm³/mol. The van der Waals surface area contributed by atoms with E-state index in [2.05, 4.69) is 16.4 Å². The van der Waals surface area contributed by atoms with Gasteiger partial charge < -0.3 is 10.1 Å². The number of aryl methyl sites for hydroxylation is 1. The molecule has 1 saturated heterocycles. The van der Waals surface area contributed by atoms with Gasteiger partial charge in [-0.05, 0) is 44.5 Å². The van der Waals surface area contributed by atoms with Gasteiger partial charge in [0.05, 0.1) is 0 Å². The summed E-state index contributed by atoms with van der Waals surface area (Å²) in [4.78, 5) is 4.14. The van der Waals surface area contributed by atoms with Crippen LogP contribution in [0, 0.1) is 18.3 Å². The Labute approximate surface area is 95.3 Å². The first kappa shape index (κ1) is 10.9. The fraction of sp³-hybridized carbons (Fsp3) is 0.500. The number of rotatable bonds is 2. The Kier molecular flexibility index (Phi) is 3.37. The van der Waals surface area contributed by atoms with Crippen molar-refractivity contribution in [2.24, 2.45) is 0 Å². The Hall–Kier alpha value is -1.60. The normalized spacial score (nSPS) is 16.8. The number of nitrogens with zero attached hydrogens (tertiary/aromatic N) is 2. The van der Waals surface area contributed by atoms with Crippen molar-refractivity contribution in [2.75, 3.05) is 13.1 Å². The van der Waals surface area contributed by atoms with Crippen LogP contribution in [0.15, 0.2) is 12.3 Å². The summed E-state index contributed by atoms with van der Waals surface area (Å²) in [5, 5.41) is 12.3. The molecular weight excluding hydrogens is 202 g/mol. The number of nitriles is 1. The van der Waals surface area contributed by atoms with Crippen LogP contribution in [-0.4, -0.2) is 24.2 Å². The minimum Gasteiger partial charge on any atom is -0.473 e. The van der Waals surface area contributed by atoms with Crippen LogP contribution in [0.25, 0.3) is 0 Å². The van der Waals surface area contributed by atoms with Gasteiger partial charge in [0.2, 0.25) is 5.88 Å². The zero-order valence-electron chi connectivity index (χ0n) is 9.36. The third-order valence-corrected chi connectivity index (χ3v) is 2.80. The van der Waals surface area contributed by atoms with Gasteiger partial charge in [0.15, 0.2) is 0 Å². The van der Waals surface area contributed by atoms with Gasteiger partial charge in [0.1, 0.15) is 17.7 Å². The zero-order chi connectivity index (χ0) is 11.4. The standard InChI is InChI=1S/C12H15N3O/c1-9-2-7-15-12(11(9)8-13)16-10-3-5-14-6-4-10/h2,7,10,14H,3-6H2,1H3. The number of nitrogens with one attached hydrogen (secondary N) is 1. The van der Waals surface area contributed by atoms with Crippen LogP contribution >= 0.6 is 0 Å². The summed E-state index contributed by atoms with van der Waals surface area (Å²) in [6, 6.07) is 3.98. The molecule has 0 aromatic carbocycles. The molecule has 0 amide bonds. The van der Waals surface area contributed by atoms with Gasteiger partial charge in [0.25, 0.3) is 0 Å². The van der Waals surface area contributed by atoms with Crippen molar-refractivity contribution in [1.29, 1.82) is 5.26 Å². The summed E-state index contributed by atoms with van der Waals surface area (Å²) in [6.07, 6.45) is 3.82. The number of ether oxygens (including phenoxy) is 1. The number of hydrogen-bond acceptors (Lipinski definition) is 4. The molecule has 1 aromatic heterocycles. The molecule has 1 aliphatic rings. The van der Waals surface area contributed by atoms with Gasteiger partial charge in [-0.25, -0.2) is 4.98 Å². The summed E-state index contributed by atoms with van der Waals surface area (Å²) < 4.78 is 5.78. The number of hydrogen-bond donors (Lipinski definition) is 1. The molecule has 0 saturated carbocycles. The van der Waals surface area contributed by atoms with E-state index < -0.39 is 0 Å². The Morgan fingerprint density at radius 1 is 1.50 bits per heavy atom. The monoisotopic (exact) mass is 217 g/mol. The van der Waals surface area contributed by atoms with E-state index in [1.807, 2.05) is 13.0 Å². The lowest BCUT2D eigenvalue weighted by Crippen LogP contribution is -2.34. The Morgan fingerprint density at radius 3 is 2.94 bits per heavy atom. The highest BCUT2D eigenvalue weighted by atomic mass is 16.5. The highest BCUT2D eigenvalue weighted by Crippen LogP contribution is 2.20. The molecule has 1 fully saturated rings. The van der Waals surface area contributed by atoms with Crippen molar-refractivity contribution >= 4 is 0 Å². The quantitative estimate of drug-likeness (QED) is 0.813. The van der Waals surface area contributed by atoms with Gasteiger partial charge >= 0.3 is 0 Å². The van der Waals surface area contributed by atoms with E-state index in [9.17, 15) is 0 Å². The summed E-state index contributed by atoms with van der Waals surface area (Å²) in [5.41, 5.74) is 1.47. The number of pyridine rings is 1. The molecule has 2 heterocycles. The van der Waals surface area contributed by atoms with E-state index in [1.54, 1.807) is 6.20 Å². The van der Waals surface area contributed by atoms with Gasteiger partial charge in [-0.1, -0.05) is 0 Å². The predicted octanol–water partition coefficient (Wildman–Crippen LogP) is 1.39. The fourth-order valence-corrected chi connectivity index (χ4v) is 1.83. The molecule has 4 heteroatoms. The average Bonchev–Trinajstić information content (AvgIpc) is 2.31. The van der Waals surface area contributed by atoms with E-state index in [4.69, 9.17) is 10.00 Å². The summed E-state index contributed by atoms with van der Waals surface area (Å²) in [6.45, 7) is 3.84. The Bertz CT molecular complexity index is 405. The zero-order valence-corrected chi connectivity index (χ0v) is 9.36. The summed E-state index contributed by atoms with van der Waals surface area (Å²) in [5.74, 6) is 0.481. The van der Waals surface area contributed by atoms with Crippen LogP contribution in [0.2, 0.25) is 0 Å². The molecule has 0 atom stereocenters. The maximum absolute atomic E-state index is 9.05. The van der Waals surface area contributed by atoms with E-state index in [-0.39, 0.29) is 6.10 Å². The fourth-order valence-electron chi connectivity index (χ4n) is 1.83. The summed E-state index contributed by atoms with van der Waals surface area (Å²) in [7, 11) is 0. The highest BCUT2D eigenvalue weighted by molar-refractivity contribution is 5.43. The van der Waals surface area contributed by atoms with Crippen LogP contribution in [0.4, 0.5) is 0 Å². The molecule has 0 spiro atoms. The number of piperidine rings is 1. The molecular formula is C12H15N3O. The summed E-state index contributed by atoms with van der Waals surface area (Å²) >= 11 is 0. The first-order chi connectivity index (χ1) is 7.81. The van der Waals surface area contributed by atoms with Gasteiger partial charge in [0, 0.05) is 6.20 Å². The molecule has 0 aliphatic carbocycles. The Morgan fingerprint density at radius 2 is 2.25 bits per heavy atom. The lowest BCUT2D eigenvalue weighted by Gasteiger charge is -2.23. The van der Waals surface area contributed by atoms with Crippen molar-refractivity contribution in [2.45, 2.75) is 25.9 Å². The smallest absolute Gasteiger partial charge is 0.232 e. The van der Waals surface area contributed by atoms with Gasteiger partial charge in [-0.3, -0.25) is 0 Å². The lowest BCUT2D eigenvalue weighted by atomic mass is 10.1. The van der Waals surface area contributed by atoms with E-state index >= 15 is 0 Å². The molecule has 0 radical (unpaired) electrons. The molecule has 2 rings (SSSR count). The minimum atomic E-state index is 0.183. The topological polar surface area (TPSA) is 57.9 Å². The van der Waals surface area contributed by atoms with Crippen molar-refractivity contribution in [3.63, 3.8) is 0 Å². The highest BCUT2D eigenvalue weighted by Gasteiger charge is 2.17. The third-order valence-electron chi connectivity index (χ3n) is 2.80. The second kappa shape index (κ2) is 4.95. The van der Waals surface area contributed by atoms with Crippen molar-refractivity contribution in [3.05, 3.63) is 23.4 Å². The number of aromatic nitrogens is 1. The van der Waals surface area contributed by atoms with E-state index in [0.29, 0.717) is 11.4 Å². The molecule has 84 valence electrons. The molecule has 16 heavy (non-hydrogen) atoms. The van der Waals surface area contributed by atoms with Crippen LogP contribution in [0.3, 0.4) is 0 Å². The van der Waals surface area contributed by atoms with E-state index in [0.717, 1.165) is 31.5 Å². The second-order valence-corrected chi connectivity index (χ2v) is 3.99. The Balaban J connectivity index is 2.14. The molecule has 1 aliphatic heterocycles. The van der Waals surface area contributed by atoms with Crippen molar-refractivity contribution in [1.82, 2.24) is 10.3 Å². The van der Waals surface area contributed by atoms with Crippen molar-refractivity contribution < 1.29 is 4.74 Å². The maximum atomic E-state index is 9.05. The van der Waals surface area contributed by atoms with Gasteiger partial charge in [-0.15, -0.1) is 0 Å². The lowest BCUT2D eigenvalue weighted by molar-refractivity contribution is 0.155. The SMILES string of the molecule is Cc1ccnc(OC2CCNCC2)c1C#N. The largest absolute Gasteiger partial charge is 0.473 e. The molecule has 0 unspecified atom stereocenters. The first-order valence-corrected chi connectivity index (χ1v) is 5.54. The van der Waals surface area contributed by atoms with Crippen LogP contribution < -0.4 is 10.1 Å². The van der Waals surface area contributed by atoms with Crippen LogP contribution in [0.1, 0.15) is 24.0 Å². The average molecular weight is 217 g/mol. The van der Waals surface area contributed by atoms with Crippen LogP contribution in [0.5, 0.6) is 5.88 Å².